The van der Waals surface area contributed by atoms with Gasteiger partial charge in [-0.1, -0.05) is 0 Å². The molecule has 2 rings (SSSR count). The van der Waals surface area contributed by atoms with Gasteiger partial charge in [0.15, 0.2) is 0 Å². The zero-order valence-corrected chi connectivity index (χ0v) is 11.6. The second kappa shape index (κ2) is 5.82. The van der Waals surface area contributed by atoms with Crippen LogP contribution < -0.4 is 16.0 Å². The zero-order valence-electron chi connectivity index (χ0n) is 11.6. The predicted molar refractivity (Wildman–Crippen MR) is 78.3 cm³/mol. The number of urea groups is 1. The van der Waals surface area contributed by atoms with Gasteiger partial charge in [0, 0.05) is 43.6 Å². The fourth-order valence-electron chi connectivity index (χ4n) is 2.19. The monoisotopic (exact) mass is 262 g/mol. The number of nitrogens with zero attached hydrogens (tertiary/aromatic N) is 2. The lowest BCUT2D eigenvalue weighted by Crippen LogP contribution is -2.52. The topological polar surface area (TPSA) is 61.6 Å². The van der Waals surface area contributed by atoms with Crippen LogP contribution in [0.25, 0.3) is 0 Å². The van der Waals surface area contributed by atoms with E-state index >= 15 is 0 Å². The van der Waals surface area contributed by atoms with Crippen LogP contribution in [0.3, 0.4) is 0 Å². The molecule has 0 saturated carbocycles. The molecule has 1 aromatic rings. The standard InChI is InChI=1S/C14H22N4O/c1-11(2)16-14(19)18-9-7-17(8-10-18)13-5-3-12(15)4-6-13/h3-6,11H,7-10,15H2,1-2H3,(H,16,19). The van der Waals surface area contributed by atoms with Gasteiger partial charge in [0.2, 0.25) is 0 Å². The number of hydrogen-bond donors (Lipinski definition) is 2. The molecular formula is C14H22N4O. The van der Waals surface area contributed by atoms with Gasteiger partial charge in [0.25, 0.3) is 0 Å². The number of carbonyl (C=O) groups excluding carboxylic acids is 1. The molecule has 1 aliphatic rings. The Hall–Kier alpha value is -1.91. The van der Waals surface area contributed by atoms with Crippen molar-refractivity contribution in [3.63, 3.8) is 0 Å². The summed E-state index contributed by atoms with van der Waals surface area (Å²) in [6.07, 6.45) is 0. The number of carbonyl (C=O) groups is 1. The number of anilines is 2. The lowest BCUT2D eigenvalue weighted by Gasteiger charge is -2.36. The van der Waals surface area contributed by atoms with Crippen molar-refractivity contribution < 1.29 is 4.79 Å². The van der Waals surface area contributed by atoms with Gasteiger partial charge in [-0.05, 0) is 38.1 Å². The van der Waals surface area contributed by atoms with E-state index in [1.54, 1.807) is 0 Å². The fourth-order valence-corrected chi connectivity index (χ4v) is 2.19. The van der Waals surface area contributed by atoms with E-state index in [0.29, 0.717) is 0 Å². The molecule has 0 aliphatic carbocycles. The Morgan fingerprint density at radius 2 is 1.74 bits per heavy atom. The van der Waals surface area contributed by atoms with Crippen LogP contribution in [0.4, 0.5) is 16.2 Å². The maximum absolute atomic E-state index is 11.9. The Morgan fingerprint density at radius 1 is 1.16 bits per heavy atom. The summed E-state index contributed by atoms with van der Waals surface area (Å²) in [5.74, 6) is 0. The Labute approximate surface area is 114 Å². The van der Waals surface area contributed by atoms with E-state index < -0.39 is 0 Å². The van der Waals surface area contributed by atoms with Crippen molar-refractivity contribution in [1.82, 2.24) is 10.2 Å². The Bertz CT molecular complexity index is 422. The number of amides is 2. The van der Waals surface area contributed by atoms with Crippen molar-refractivity contribution in [2.45, 2.75) is 19.9 Å². The van der Waals surface area contributed by atoms with Crippen LogP contribution in [-0.2, 0) is 0 Å². The maximum atomic E-state index is 11.9. The summed E-state index contributed by atoms with van der Waals surface area (Å²) in [7, 11) is 0. The van der Waals surface area contributed by atoms with Crippen LogP contribution in [0.5, 0.6) is 0 Å². The van der Waals surface area contributed by atoms with E-state index in [0.717, 1.165) is 37.6 Å². The van der Waals surface area contributed by atoms with Crippen LogP contribution in [0.1, 0.15) is 13.8 Å². The van der Waals surface area contributed by atoms with Gasteiger partial charge in [-0.2, -0.15) is 0 Å². The summed E-state index contributed by atoms with van der Waals surface area (Å²) in [6, 6.07) is 8.09. The molecule has 5 nitrogen and oxygen atoms in total. The van der Waals surface area contributed by atoms with Crippen molar-refractivity contribution in [3.05, 3.63) is 24.3 Å². The molecule has 1 aromatic carbocycles. The normalized spacial score (nSPS) is 15.7. The third-order valence-corrected chi connectivity index (χ3v) is 3.24. The zero-order chi connectivity index (χ0) is 13.8. The number of hydrogen-bond acceptors (Lipinski definition) is 3. The predicted octanol–water partition coefficient (Wildman–Crippen LogP) is 1.51. The largest absolute Gasteiger partial charge is 0.399 e. The number of nitrogens with one attached hydrogen (secondary N) is 1. The SMILES string of the molecule is CC(C)NC(=O)N1CCN(c2ccc(N)cc2)CC1. The first-order valence-corrected chi connectivity index (χ1v) is 6.72. The molecule has 1 saturated heterocycles. The van der Waals surface area contributed by atoms with Gasteiger partial charge in [-0.3, -0.25) is 0 Å². The number of nitrogens with two attached hydrogens (primary N) is 1. The van der Waals surface area contributed by atoms with Crippen LogP contribution in [0, 0.1) is 0 Å². The Morgan fingerprint density at radius 3 is 2.26 bits per heavy atom. The van der Waals surface area contributed by atoms with E-state index in [2.05, 4.69) is 10.2 Å². The van der Waals surface area contributed by atoms with Gasteiger partial charge in [-0.15, -0.1) is 0 Å². The number of benzene rings is 1. The molecule has 0 atom stereocenters. The molecule has 1 fully saturated rings. The molecule has 5 heteroatoms. The highest BCUT2D eigenvalue weighted by atomic mass is 16.2. The van der Waals surface area contributed by atoms with Crippen molar-refractivity contribution in [3.8, 4) is 0 Å². The summed E-state index contributed by atoms with van der Waals surface area (Å²) in [5.41, 5.74) is 7.63. The second-order valence-electron chi connectivity index (χ2n) is 5.17. The van der Waals surface area contributed by atoms with Gasteiger partial charge in [0.1, 0.15) is 0 Å². The van der Waals surface area contributed by atoms with Crippen molar-refractivity contribution in [2.75, 3.05) is 36.8 Å². The minimum atomic E-state index is 0.0342. The van der Waals surface area contributed by atoms with Crippen LogP contribution in [0.15, 0.2) is 24.3 Å². The second-order valence-corrected chi connectivity index (χ2v) is 5.17. The molecule has 104 valence electrons. The van der Waals surface area contributed by atoms with Crippen LogP contribution in [-0.4, -0.2) is 43.2 Å². The van der Waals surface area contributed by atoms with E-state index in [4.69, 9.17) is 5.73 Å². The third kappa shape index (κ3) is 3.53. The first kappa shape index (κ1) is 13.5. The first-order valence-electron chi connectivity index (χ1n) is 6.72. The summed E-state index contributed by atoms with van der Waals surface area (Å²) < 4.78 is 0. The quantitative estimate of drug-likeness (QED) is 0.794. The first-order chi connectivity index (χ1) is 9.06. The van der Waals surface area contributed by atoms with Crippen LogP contribution in [0.2, 0.25) is 0 Å². The average Bonchev–Trinajstić information content (AvgIpc) is 2.39. The molecule has 2 amide bonds. The highest BCUT2D eigenvalue weighted by molar-refractivity contribution is 5.74. The van der Waals surface area contributed by atoms with Gasteiger partial charge >= 0.3 is 6.03 Å². The van der Waals surface area contributed by atoms with E-state index in [1.807, 2.05) is 43.0 Å². The fraction of sp³-hybridized carbons (Fsp3) is 0.500. The molecular weight excluding hydrogens is 240 g/mol. The summed E-state index contributed by atoms with van der Waals surface area (Å²) >= 11 is 0. The highest BCUT2D eigenvalue weighted by Gasteiger charge is 2.21. The number of rotatable bonds is 2. The molecule has 1 aliphatic heterocycles. The van der Waals surface area contributed by atoms with E-state index in [1.165, 1.54) is 0 Å². The summed E-state index contributed by atoms with van der Waals surface area (Å²) in [4.78, 5) is 16.0. The van der Waals surface area contributed by atoms with E-state index in [-0.39, 0.29) is 12.1 Å². The number of piperazine rings is 1. The van der Waals surface area contributed by atoms with Crippen molar-refractivity contribution in [2.24, 2.45) is 0 Å². The average molecular weight is 262 g/mol. The Kier molecular flexibility index (Phi) is 4.14. The minimum Gasteiger partial charge on any atom is -0.399 e. The molecule has 3 N–H and O–H groups in total. The molecule has 0 bridgehead atoms. The molecule has 19 heavy (non-hydrogen) atoms. The maximum Gasteiger partial charge on any atom is 0.317 e. The third-order valence-electron chi connectivity index (χ3n) is 3.24. The summed E-state index contributed by atoms with van der Waals surface area (Å²) in [6.45, 7) is 7.17. The smallest absolute Gasteiger partial charge is 0.317 e. The highest BCUT2D eigenvalue weighted by Crippen LogP contribution is 2.18. The van der Waals surface area contributed by atoms with Crippen molar-refractivity contribution in [1.29, 1.82) is 0 Å². The molecule has 1 heterocycles. The Balaban J connectivity index is 1.88. The molecule has 0 unspecified atom stereocenters. The van der Waals surface area contributed by atoms with Gasteiger partial charge in [0.05, 0.1) is 0 Å². The molecule has 0 radical (unpaired) electrons. The lowest BCUT2D eigenvalue weighted by molar-refractivity contribution is 0.192. The minimum absolute atomic E-state index is 0.0342. The lowest BCUT2D eigenvalue weighted by atomic mass is 10.2. The van der Waals surface area contributed by atoms with E-state index in [9.17, 15) is 4.79 Å². The molecule has 0 aromatic heterocycles. The van der Waals surface area contributed by atoms with Crippen molar-refractivity contribution >= 4 is 17.4 Å². The van der Waals surface area contributed by atoms with Gasteiger partial charge < -0.3 is 20.9 Å². The van der Waals surface area contributed by atoms with Crippen LogP contribution >= 0.6 is 0 Å². The summed E-state index contributed by atoms with van der Waals surface area (Å²) in [5, 5.41) is 2.93. The van der Waals surface area contributed by atoms with Gasteiger partial charge in [-0.25, -0.2) is 4.79 Å². The molecule has 0 spiro atoms. The number of nitrogen functional groups attached to an aromatic ring is 1.